The number of aromatic nitrogens is 3. The Hall–Kier alpha value is -5.08. The first-order chi connectivity index (χ1) is 22.1. The van der Waals surface area contributed by atoms with Crippen molar-refractivity contribution in [3.05, 3.63) is 69.9 Å². The molecule has 2 N–H and O–H groups in total. The van der Waals surface area contributed by atoms with Crippen LogP contribution in [0.2, 0.25) is 0 Å². The maximum Gasteiger partial charge on any atom is 0.420 e. The number of imidazole rings is 1. The van der Waals surface area contributed by atoms with Crippen LogP contribution in [0.4, 0.5) is 24.1 Å². The number of alkyl carbamates (subject to hydrolysis) is 1. The summed E-state index contributed by atoms with van der Waals surface area (Å²) in [6, 6.07) is 2.55. The van der Waals surface area contributed by atoms with Crippen LogP contribution in [0.15, 0.2) is 41.3 Å². The smallest absolute Gasteiger partial charge is 0.420 e. The fourth-order valence-corrected chi connectivity index (χ4v) is 4.56. The lowest BCUT2D eigenvalue weighted by Gasteiger charge is -2.20. The lowest BCUT2D eigenvalue weighted by Crippen LogP contribution is -2.44. The molecule has 0 radical (unpaired) electrons. The van der Waals surface area contributed by atoms with Gasteiger partial charge in [-0.3, -0.25) is 14.4 Å². The summed E-state index contributed by atoms with van der Waals surface area (Å²) in [4.78, 5) is 69.6. The zero-order valence-electron chi connectivity index (χ0n) is 27.5. The number of hydrogen-bond acceptors (Lipinski definition) is 8. The molecule has 0 saturated carbocycles. The van der Waals surface area contributed by atoms with Crippen LogP contribution in [0.25, 0.3) is 11.0 Å². The Balaban J connectivity index is 1.98. The largest absolute Gasteiger partial charge is 0.453 e. The molecule has 15 heteroatoms. The highest BCUT2D eigenvalue weighted by atomic mass is 19.2. The predicted molar refractivity (Wildman–Crippen MR) is 170 cm³/mol. The van der Waals surface area contributed by atoms with Crippen molar-refractivity contribution < 1.29 is 37.4 Å². The number of halogens is 2. The highest BCUT2D eigenvalue weighted by Crippen LogP contribution is 2.28. The predicted octanol–water partition coefficient (Wildman–Crippen LogP) is 4.35. The quantitative estimate of drug-likeness (QED) is 0.289. The number of carbonyl (C=O) groups excluding carboxylic acids is 4. The van der Waals surface area contributed by atoms with Gasteiger partial charge in [0.2, 0.25) is 11.8 Å². The number of pyridine rings is 1. The van der Waals surface area contributed by atoms with E-state index in [0.717, 1.165) is 22.3 Å². The van der Waals surface area contributed by atoms with E-state index in [4.69, 9.17) is 4.74 Å². The number of carbonyl (C=O) groups is 4. The van der Waals surface area contributed by atoms with Crippen LogP contribution < -0.4 is 16.2 Å². The second-order valence-electron chi connectivity index (χ2n) is 11.9. The minimum Gasteiger partial charge on any atom is -0.453 e. The van der Waals surface area contributed by atoms with Crippen LogP contribution in [-0.2, 0) is 32.0 Å². The molecule has 0 aliphatic heterocycles. The molecule has 0 aliphatic carbocycles. The molecule has 47 heavy (non-hydrogen) atoms. The fourth-order valence-electron chi connectivity index (χ4n) is 4.56. The van der Waals surface area contributed by atoms with Gasteiger partial charge < -0.3 is 29.6 Å². The Kier molecular flexibility index (Phi) is 12.0. The van der Waals surface area contributed by atoms with E-state index in [1.54, 1.807) is 47.9 Å². The van der Waals surface area contributed by atoms with E-state index in [1.165, 1.54) is 29.3 Å². The van der Waals surface area contributed by atoms with E-state index >= 15 is 0 Å². The summed E-state index contributed by atoms with van der Waals surface area (Å²) in [6.45, 7) is 6.39. The minimum atomic E-state index is -1.16. The summed E-state index contributed by atoms with van der Waals surface area (Å²) < 4.78 is 41.9. The molecule has 3 amide bonds. The number of fused-ring (bicyclic) bond motifs is 1. The van der Waals surface area contributed by atoms with Crippen molar-refractivity contribution in [2.75, 3.05) is 26.5 Å². The Morgan fingerprint density at radius 2 is 1.87 bits per heavy atom. The van der Waals surface area contributed by atoms with Gasteiger partial charge in [-0.1, -0.05) is 19.4 Å². The second kappa shape index (κ2) is 15.5. The summed E-state index contributed by atoms with van der Waals surface area (Å²) >= 11 is 0. The summed E-state index contributed by atoms with van der Waals surface area (Å²) in [5, 5.41) is 4.92. The van der Waals surface area contributed by atoms with Gasteiger partial charge in [0.25, 0.3) is 5.56 Å². The normalized spacial score (nSPS) is 12.2. The highest BCUT2D eigenvalue weighted by Gasteiger charge is 2.27. The molecule has 0 saturated heterocycles. The number of hydrogen-bond donors (Lipinski definition) is 2. The Labute approximate surface area is 270 Å². The number of nitrogens with zero attached hydrogens (tertiary/aromatic N) is 4. The number of anilines is 1. The van der Waals surface area contributed by atoms with Gasteiger partial charge in [-0.05, 0) is 58.2 Å². The molecule has 13 nitrogen and oxygen atoms in total. The zero-order chi connectivity index (χ0) is 35.1. The molecule has 2 heterocycles. The molecule has 0 aliphatic rings. The van der Waals surface area contributed by atoms with E-state index in [1.807, 2.05) is 0 Å². The summed E-state index contributed by atoms with van der Waals surface area (Å²) in [5.74, 6) is -3.25. The van der Waals surface area contributed by atoms with Gasteiger partial charge in [-0.25, -0.2) is 27.9 Å². The van der Waals surface area contributed by atoms with Crippen molar-refractivity contribution in [3.8, 4) is 0 Å². The maximum atomic E-state index is 14.8. The Morgan fingerprint density at radius 3 is 2.49 bits per heavy atom. The maximum absolute atomic E-state index is 14.8. The monoisotopic (exact) mass is 658 g/mol. The van der Waals surface area contributed by atoms with E-state index in [-0.39, 0.29) is 59.8 Å². The average Bonchev–Trinajstić information content (AvgIpc) is 3.35. The van der Waals surface area contributed by atoms with Gasteiger partial charge in [-0.2, -0.15) is 0 Å². The first-order valence-corrected chi connectivity index (χ1v) is 14.9. The van der Waals surface area contributed by atoms with Gasteiger partial charge in [0.05, 0.1) is 24.7 Å². The molecule has 0 spiro atoms. The van der Waals surface area contributed by atoms with E-state index < -0.39 is 46.9 Å². The van der Waals surface area contributed by atoms with Crippen molar-refractivity contribution in [1.82, 2.24) is 24.3 Å². The van der Waals surface area contributed by atoms with Crippen LogP contribution in [0.5, 0.6) is 0 Å². The number of rotatable bonds is 11. The number of methoxy groups -OCH3 is 1. The van der Waals surface area contributed by atoms with Crippen LogP contribution >= 0.6 is 0 Å². The molecular formula is C32H40F2N6O7. The molecule has 1 aromatic carbocycles. The molecule has 254 valence electrons. The van der Waals surface area contributed by atoms with Crippen LogP contribution in [0.1, 0.15) is 58.3 Å². The van der Waals surface area contributed by atoms with E-state index in [0.29, 0.717) is 6.42 Å². The number of allylic oxidation sites excluding steroid dienone is 1. The first-order valence-electron chi connectivity index (χ1n) is 14.9. The third kappa shape index (κ3) is 9.24. The average molecular weight is 659 g/mol. The molecule has 3 rings (SSSR count). The summed E-state index contributed by atoms with van der Waals surface area (Å²) in [5.41, 5.74) is -1.76. The number of aryl methyl sites for hydroxylation is 1. The van der Waals surface area contributed by atoms with Crippen molar-refractivity contribution in [3.63, 3.8) is 0 Å². The summed E-state index contributed by atoms with van der Waals surface area (Å²) in [6.07, 6.45) is 3.44. The molecule has 0 fully saturated rings. The zero-order valence-corrected chi connectivity index (χ0v) is 27.5. The number of benzene rings is 1. The number of amides is 3. The van der Waals surface area contributed by atoms with Crippen LogP contribution in [-0.4, -0.2) is 75.9 Å². The Morgan fingerprint density at radius 1 is 1.17 bits per heavy atom. The number of ether oxygens (including phenoxy) is 2. The molecule has 0 bridgehead atoms. The van der Waals surface area contributed by atoms with Gasteiger partial charge in [0, 0.05) is 31.9 Å². The van der Waals surface area contributed by atoms with Gasteiger partial charge in [0.15, 0.2) is 11.6 Å². The number of likely N-dealkylation sites (N-methyl/N-ethyl adjacent to an activating group) is 1. The lowest BCUT2D eigenvalue weighted by molar-refractivity contribution is -0.123. The van der Waals surface area contributed by atoms with Gasteiger partial charge >= 0.3 is 12.2 Å². The first kappa shape index (κ1) is 36.4. The topological polar surface area (TPSA) is 154 Å². The van der Waals surface area contributed by atoms with Crippen molar-refractivity contribution in [2.45, 2.75) is 71.6 Å². The third-order valence-electron chi connectivity index (χ3n) is 6.79. The van der Waals surface area contributed by atoms with E-state index in [2.05, 4.69) is 20.4 Å². The third-order valence-corrected chi connectivity index (χ3v) is 6.79. The van der Waals surface area contributed by atoms with Crippen molar-refractivity contribution >= 4 is 40.7 Å². The van der Waals surface area contributed by atoms with Gasteiger partial charge in [-0.15, -0.1) is 0 Å². The fraction of sp³-hybridized carbons (Fsp3) is 0.438. The van der Waals surface area contributed by atoms with Crippen molar-refractivity contribution in [2.24, 2.45) is 0 Å². The summed E-state index contributed by atoms with van der Waals surface area (Å²) in [7, 11) is 4.31. The standard InChI is InChI=1S/C32H40F2N6O7/c1-8-12-19-26(34)20(33)17-23-27(19)37-24(40(23)31(45)47-32(2,3)4)18-39-16-11-14-22(29(39)43)35-28(42)21(36-30(44)46-7)13-9-10-15-25(41)38(5)6/h10-11,14-17,21H,8-9,12-13,18H2,1-7H3,(H,35,42)(H,36,44)/b15-10+/t21-/m0/s1. The molecular weight excluding hydrogens is 618 g/mol. The number of nitrogens with one attached hydrogen (secondary N) is 2. The molecule has 1 atom stereocenters. The van der Waals surface area contributed by atoms with Crippen LogP contribution in [0, 0.1) is 11.6 Å². The van der Waals surface area contributed by atoms with Crippen LogP contribution in [0.3, 0.4) is 0 Å². The SMILES string of the molecule is CCCc1c(F)c(F)cc2c1nc(Cn1cccc(NC(=O)[C@H](CC/C=C/C(=O)N(C)C)NC(=O)OC)c1=O)n2C(=O)OC(C)(C)C. The Bertz CT molecular complexity index is 1740. The lowest BCUT2D eigenvalue weighted by atomic mass is 10.1. The highest BCUT2D eigenvalue weighted by molar-refractivity contribution is 5.96. The van der Waals surface area contributed by atoms with E-state index in [9.17, 15) is 32.8 Å². The molecule has 3 aromatic rings. The molecule has 0 unspecified atom stereocenters. The van der Waals surface area contributed by atoms with Crippen molar-refractivity contribution in [1.29, 1.82) is 0 Å². The second-order valence-corrected chi connectivity index (χ2v) is 11.9. The van der Waals surface area contributed by atoms with Gasteiger partial charge in [0.1, 0.15) is 23.2 Å². The molecule has 2 aromatic heterocycles. The minimum absolute atomic E-state index is 0.00973.